The highest BCUT2D eigenvalue weighted by molar-refractivity contribution is 9.10. The molecule has 1 fully saturated rings. The summed E-state index contributed by atoms with van der Waals surface area (Å²) in [6, 6.07) is 2.67. The number of ether oxygens (including phenoxy) is 1. The summed E-state index contributed by atoms with van der Waals surface area (Å²) < 4.78 is 32.9. The number of halogens is 3. The third-order valence-corrected chi connectivity index (χ3v) is 4.76. The normalized spacial score (nSPS) is 17.4. The van der Waals surface area contributed by atoms with Crippen molar-refractivity contribution < 1.29 is 23.1 Å². The van der Waals surface area contributed by atoms with Crippen LogP contribution in [0, 0.1) is 11.6 Å². The van der Waals surface area contributed by atoms with Crippen LogP contribution in [0.4, 0.5) is 13.6 Å². The van der Waals surface area contributed by atoms with Gasteiger partial charge in [-0.3, -0.25) is 4.79 Å². The highest BCUT2D eigenvalue weighted by atomic mass is 79.9. The minimum absolute atomic E-state index is 0.00621. The fourth-order valence-electron chi connectivity index (χ4n) is 3.00. The fraction of sp³-hybridized carbons (Fsp3) is 0.444. The van der Waals surface area contributed by atoms with Crippen LogP contribution < -0.4 is 5.32 Å². The van der Waals surface area contributed by atoms with Gasteiger partial charge < -0.3 is 19.9 Å². The number of carbonyl (C=O) groups is 2. The zero-order valence-electron chi connectivity index (χ0n) is 15.2. The average molecular weight is 444 g/mol. The first kappa shape index (κ1) is 19.6. The Bertz CT molecular complexity index is 907. The van der Waals surface area contributed by atoms with Crippen molar-refractivity contribution in [3.05, 3.63) is 33.9 Å². The summed E-state index contributed by atoms with van der Waals surface area (Å²) in [7, 11) is 0. The molecule has 2 amide bonds. The number of nitrogens with one attached hydrogen (secondary N) is 2. The summed E-state index contributed by atoms with van der Waals surface area (Å²) >= 11 is 2.95. The van der Waals surface area contributed by atoms with Crippen LogP contribution in [0.3, 0.4) is 0 Å². The highest BCUT2D eigenvalue weighted by Gasteiger charge is 2.30. The number of carbonyl (C=O) groups excluding carboxylic acids is 2. The second-order valence-electron chi connectivity index (χ2n) is 7.52. The van der Waals surface area contributed by atoms with Gasteiger partial charge in [0.25, 0.3) is 5.91 Å². The number of likely N-dealkylation sites (tertiary alicyclic amines) is 1. The summed E-state index contributed by atoms with van der Waals surface area (Å²) in [6.07, 6.45) is 0.0505. The van der Waals surface area contributed by atoms with E-state index in [-0.39, 0.29) is 27.6 Å². The first-order valence-electron chi connectivity index (χ1n) is 8.50. The second-order valence-corrected chi connectivity index (χ2v) is 8.37. The molecule has 0 saturated carbocycles. The Morgan fingerprint density at radius 1 is 1.30 bits per heavy atom. The van der Waals surface area contributed by atoms with E-state index in [9.17, 15) is 18.4 Å². The van der Waals surface area contributed by atoms with E-state index in [0.29, 0.717) is 24.9 Å². The van der Waals surface area contributed by atoms with Gasteiger partial charge in [0.2, 0.25) is 0 Å². The molecule has 6 nitrogen and oxygen atoms in total. The van der Waals surface area contributed by atoms with Crippen LogP contribution in [-0.2, 0) is 4.74 Å². The van der Waals surface area contributed by atoms with Crippen LogP contribution in [0.2, 0.25) is 0 Å². The van der Waals surface area contributed by atoms with E-state index < -0.39 is 23.3 Å². The molecule has 1 aliphatic rings. The Morgan fingerprint density at radius 2 is 2.00 bits per heavy atom. The number of alkyl carbamates (subject to hydrolysis) is 1. The molecule has 27 heavy (non-hydrogen) atoms. The van der Waals surface area contributed by atoms with Gasteiger partial charge >= 0.3 is 6.09 Å². The van der Waals surface area contributed by atoms with Crippen LogP contribution in [0.15, 0.2) is 16.6 Å². The molecule has 146 valence electrons. The number of hydrogen-bond donors (Lipinski definition) is 2. The molecule has 0 radical (unpaired) electrons. The lowest BCUT2D eigenvalue weighted by molar-refractivity contribution is 0.0502. The molecule has 2 aromatic rings. The summed E-state index contributed by atoms with van der Waals surface area (Å²) in [4.78, 5) is 28.7. The molecule has 9 heteroatoms. The first-order chi connectivity index (χ1) is 12.5. The SMILES string of the molecule is CC(C)(C)OC(=O)N[C@@H]1CCN(C(=O)c2cc3cc(Br)c(F)c(F)c3[nH]2)C1. The van der Waals surface area contributed by atoms with Crippen LogP contribution >= 0.6 is 15.9 Å². The molecule has 1 aliphatic heterocycles. The molecule has 0 bridgehead atoms. The van der Waals surface area contributed by atoms with Crippen molar-refractivity contribution in [2.75, 3.05) is 13.1 Å². The lowest BCUT2D eigenvalue weighted by atomic mass is 10.2. The van der Waals surface area contributed by atoms with E-state index >= 15 is 0 Å². The smallest absolute Gasteiger partial charge is 0.407 e. The topological polar surface area (TPSA) is 74.4 Å². The van der Waals surface area contributed by atoms with E-state index in [1.165, 1.54) is 12.1 Å². The predicted molar refractivity (Wildman–Crippen MR) is 99.6 cm³/mol. The molecule has 2 heterocycles. The van der Waals surface area contributed by atoms with Crippen molar-refractivity contribution in [1.29, 1.82) is 0 Å². The molecule has 1 aromatic carbocycles. The lowest BCUT2D eigenvalue weighted by Crippen LogP contribution is -2.41. The summed E-state index contributed by atoms with van der Waals surface area (Å²) in [6.45, 7) is 6.07. The molecule has 0 aliphatic carbocycles. The molecule has 1 atom stereocenters. The fourth-order valence-corrected chi connectivity index (χ4v) is 3.42. The molecule has 2 N–H and O–H groups in total. The summed E-state index contributed by atoms with van der Waals surface area (Å²) in [5.41, 5.74) is -0.489. The molecular formula is C18H20BrF2N3O3. The molecule has 0 spiro atoms. The monoisotopic (exact) mass is 443 g/mol. The Morgan fingerprint density at radius 3 is 2.67 bits per heavy atom. The number of fused-ring (bicyclic) bond motifs is 1. The van der Waals surface area contributed by atoms with Crippen LogP contribution in [0.25, 0.3) is 10.9 Å². The zero-order valence-corrected chi connectivity index (χ0v) is 16.7. The van der Waals surface area contributed by atoms with Gasteiger partial charge in [-0.05, 0) is 55.3 Å². The van der Waals surface area contributed by atoms with E-state index in [4.69, 9.17) is 4.74 Å². The standard InChI is InChI=1S/C18H20BrF2N3O3/c1-18(2,3)27-17(26)22-10-4-5-24(8-10)16(25)12-7-9-6-11(19)13(20)14(21)15(9)23-12/h6-7,10,23H,4-5,8H2,1-3H3,(H,22,26)/t10-/m1/s1. The number of aromatic nitrogens is 1. The second kappa shape index (κ2) is 7.10. The zero-order chi connectivity index (χ0) is 19.9. The summed E-state index contributed by atoms with van der Waals surface area (Å²) in [5, 5.41) is 3.14. The molecule has 1 saturated heterocycles. The van der Waals surface area contributed by atoms with Gasteiger partial charge in [-0.1, -0.05) is 0 Å². The Labute approximate surface area is 163 Å². The number of nitrogens with zero attached hydrogens (tertiary/aromatic N) is 1. The van der Waals surface area contributed by atoms with Gasteiger partial charge in [-0.25, -0.2) is 13.6 Å². The Balaban J connectivity index is 1.69. The van der Waals surface area contributed by atoms with Crippen molar-refractivity contribution in [3.8, 4) is 0 Å². The first-order valence-corrected chi connectivity index (χ1v) is 9.29. The predicted octanol–water partition coefficient (Wildman–Crippen LogP) is 3.95. The van der Waals surface area contributed by atoms with Crippen molar-refractivity contribution in [2.24, 2.45) is 0 Å². The highest BCUT2D eigenvalue weighted by Crippen LogP contribution is 2.28. The Kier molecular flexibility index (Phi) is 5.16. The average Bonchev–Trinajstić information content (AvgIpc) is 3.17. The van der Waals surface area contributed by atoms with Crippen molar-refractivity contribution in [3.63, 3.8) is 0 Å². The number of hydrogen-bond acceptors (Lipinski definition) is 3. The van der Waals surface area contributed by atoms with Crippen molar-refractivity contribution >= 4 is 38.8 Å². The van der Waals surface area contributed by atoms with E-state index in [1.807, 2.05) is 0 Å². The van der Waals surface area contributed by atoms with Crippen LogP contribution in [0.5, 0.6) is 0 Å². The van der Waals surface area contributed by atoms with E-state index in [1.54, 1.807) is 25.7 Å². The quantitative estimate of drug-likeness (QED) is 0.690. The van der Waals surface area contributed by atoms with Crippen molar-refractivity contribution in [2.45, 2.75) is 38.8 Å². The van der Waals surface area contributed by atoms with Gasteiger partial charge in [0.15, 0.2) is 11.6 Å². The largest absolute Gasteiger partial charge is 0.444 e. The third kappa shape index (κ3) is 4.23. The Hall–Kier alpha value is -2.16. The van der Waals surface area contributed by atoms with Gasteiger partial charge in [-0.15, -0.1) is 0 Å². The molecular weight excluding hydrogens is 424 g/mol. The van der Waals surface area contributed by atoms with E-state index in [2.05, 4.69) is 26.2 Å². The van der Waals surface area contributed by atoms with E-state index in [0.717, 1.165) is 0 Å². The number of benzene rings is 1. The third-order valence-electron chi connectivity index (χ3n) is 4.18. The van der Waals surface area contributed by atoms with Gasteiger partial charge in [-0.2, -0.15) is 0 Å². The van der Waals surface area contributed by atoms with Crippen molar-refractivity contribution in [1.82, 2.24) is 15.2 Å². The van der Waals surface area contributed by atoms with Crippen LogP contribution in [-0.4, -0.2) is 46.6 Å². The van der Waals surface area contributed by atoms with Gasteiger partial charge in [0.05, 0.1) is 16.0 Å². The summed E-state index contributed by atoms with van der Waals surface area (Å²) in [5.74, 6) is -2.38. The maximum absolute atomic E-state index is 14.0. The molecule has 1 aromatic heterocycles. The van der Waals surface area contributed by atoms with Crippen LogP contribution in [0.1, 0.15) is 37.7 Å². The maximum atomic E-state index is 14.0. The number of H-pyrrole nitrogens is 1. The number of rotatable bonds is 2. The van der Waals surface area contributed by atoms with Gasteiger partial charge in [0, 0.05) is 18.5 Å². The minimum Gasteiger partial charge on any atom is -0.444 e. The minimum atomic E-state index is -1.04. The number of amides is 2. The van der Waals surface area contributed by atoms with Gasteiger partial charge in [0.1, 0.15) is 11.3 Å². The lowest BCUT2D eigenvalue weighted by Gasteiger charge is -2.22. The molecule has 3 rings (SSSR count). The molecule has 0 unspecified atom stereocenters. The maximum Gasteiger partial charge on any atom is 0.407 e. The number of aromatic amines is 1.